The predicted molar refractivity (Wildman–Crippen MR) is 98.9 cm³/mol. The maximum absolute atomic E-state index is 5.67. The van der Waals surface area contributed by atoms with Gasteiger partial charge < -0.3 is 10.1 Å². The summed E-state index contributed by atoms with van der Waals surface area (Å²) in [5, 5.41) is 3.43. The zero-order valence-corrected chi connectivity index (χ0v) is 14.0. The number of hydrogen-bond donors (Lipinski definition) is 1. The van der Waals surface area contributed by atoms with Crippen LogP contribution in [0.15, 0.2) is 54.6 Å². The lowest BCUT2D eigenvalue weighted by Crippen LogP contribution is -2.29. The maximum Gasteiger partial charge on any atom is 0.266 e. The maximum atomic E-state index is 5.67. The van der Waals surface area contributed by atoms with E-state index in [1.807, 2.05) is 42.5 Å². The number of thiocarbonyl (C=S) groups is 1. The number of nitrogens with one attached hydrogen (secondary N) is 1. The molecule has 0 spiro atoms. The molecule has 1 aliphatic rings. The van der Waals surface area contributed by atoms with Crippen molar-refractivity contribution in [3.63, 3.8) is 0 Å². The van der Waals surface area contributed by atoms with E-state index in [1.165, 1.54) is 37.9 Å². The molecule has 0 unspecified atom stereocenters. The Hall–Kier alpha value is -1.91. The monoisotopic (exact) mass is 326 g/mol. The molecule has 0 radical (unpaired) electrons. The van der Waals surface area contributed by atoms with Crippen LogP contribution in [0.4, 0.5) is 5.69 Å². The molecule has 23 heavy (non-hydrogen) atoms. The summed E-state index contributed by atoms with van der Waals surface area (Å²) in [6, 6.07) is 18.0. The van der Waals surface area contributed by atoms with Gasteiger partial charge in [0.05, 0.1) is 0 Å². The van der Waals surface area contributed by atoms with Gasteiger partial charge in [-0.15, -0.1) is 0 Å². The van der Waals surface area contributed by atoms with Gasteiger partial charge in [0.25, 0.3) is 5.17 Å². The highest BCUT2D eigenvalue weighted by atomic mass is 32.1. The van der Waals surface area contributed by atoms with Crippen molar-refractivity contribution >= 4 is 23.1 Å². The van der Waals surface area contributed by atoms with Gasteiger partial charge in [0.1, 0.15) is 5.75 Å². The van der Waals surface area contributed by atoms with Gasteiger partial charge in [0.2, 0.25) is 0 Å². The lowest BCUT2D eigenvalue weighted by atomic mass is 10.1. The minimum absolute atomic E-state index is 0.361. The molecule has 120 valence electrons. The molecule has 1 aliphatic heterocycles. The van der Waals surface area contributed by atoms with Gasteiger partial charge in [-0.25, -0.2) is 0 Å². The Bertz CT molecular complexity index is 622. The summed E-state index contributed by atoms with van der Waals surface area (Å²) in [5.74, 6) is 0.765. The van der Waals surface area contributed by atoms with E-state index >= 15 is 0 Å². The SMILES string of the molecule is S=C(Nc1ccccc1)Oc1ccc(CN2CCCCC2)cc1. The average Bonchev–Trinajstić information content (AvgIpc) is 2.58. The minimum Gasteiger partial charge on any atom is -0.432 e. The number of nitrogens with zero attached hydrogens (tertiary/aromatic N) is 1. The Morgan fingerprint density at radius 3 is 2.35 bits per heavy atom. The second-order valence-corrected chi connectivity index (χ2v) is 6.23. The second-order valence-electron chi connectivity index (χ2n) is 5.86. The summed E-state index contributed by atoms with van der Waals surface area (Å²) < 4.78 is 5.67. The fraction of sp³-hybridized carbons (Fsp3) is 0.316. The van der Waals surface area contributed by atoms with Gasteiger partial charge in [0, 0.05) is 12.2 Å². The molecule has 0 atom stereocenters. The quantitative estimate of drug-likeness (QED) is 0.839. The zero-order chi connectivity index (χ0) is 15.9. The van der Waals surface area contributed by atoms with Gasteiger partial charge in [-0.3, -0.25) is 4.90 Å². The van der Waals surface area contributed by atoms with Gasteiger partial charge in [0.15, 0.2) is 0 Å². The number of para-hydroxylation sites is 1. The molecule has 0 aromatic heterocycles. The van der Waals surface area contributed by atoms with Crippen LogP contribution < -0.4 is 10.1 Å². The molecule has 3 nitrogen and oxygen atoms in total. The molecule has 0 aliphatic carbocycles. The number of likely N-dealkylation sites (tertiary alicyclic amines) is 1. The van der Waals surface area contributed by atoms with Crippen molar-refractivity contribution in [1.29, 1.82) is 0 Å². The van der Waals surface area contributed by atoms with E-state index in [1.54, 1.807) is 0 Å². The van der Waals surface area contributed by atoms with Crippen molar-refractivity contribution in [1.82, 2.24) is 4.90 Å². The van der Waals surface area contributed by atoms with Crippen LogP contribution in [0.5, 0.6) is 5.75 Å². The summed E-state index contributed by atoms with van der Waals surface area (Å²) in [6.07, 6.45) is 4.01. The third-order valence-electron chi connectivity index (χ3n) is 4.01. The summed E-state index contributed by atoms with van der Waals surface area (Å²) in [6.45, 7) is 3.44. The van der Waals surface area contributed by atoms with Crippen molar-refractivity contribution in [2.24, 2.45) is 0 Å². The van der Waals surface area contributed by atoms with Gasteiger partial charge in [-0.2, -0.15) is 0 Å². The molecule has 1 heterocycles. The summed E-state index contributed by atoms with van der Waals surface area (Å²) in [4.78, 5) is 2.51. The van der Waals surface area contributed by atoms with Crippen LogP contribution in [0.3, 0.4) is 0 Å². The average molecular weight is 326 g/mol. The fourth-order valence-electron chi connectivity index (χ4n) is 2.81. The summed E-state index contributed by atoms with van der Waals surface area (Å²) >= 11 is 5.24. The van der Waals surface area contributed by atoms with Crippen LogP contribution in [-0.4, -0.2) is 23.2 Å². The normalized spacial score (nSPS) is 15.1. The van der Waals surface area contributed by atoms with Crippen LogP contribution >= 0.6 is 12.2 Å². The summed E-state index contributed by atoms with van der Waals surface area (Å²) in [7, 11) is 0. The lowest BCUT2D eigenvalue weighted by molar-refractivity contribution is 0.221. The van der Waals surface area contributed by atoms with Crippen LogP contribution in [-0.2, 0) is 6.54 Å². The van der Waals surface area contributed by atoms with Crippen molar-refractivity contribution < 1.29 is 4.74 Å². The number of rotatable bonds is 4. The standard InChI is InChI=1S/C19H22N2OS/c23-19(20-17-7-3-1-4-8-17)22-18-11-9-16(10-12-18)15-21-13-5-2-6-14-21/h1,3-4,7-12H,2,5-6,13-15H2,(H,20,23). The first-order valence-electron chi connectivity index (χ1n) is 8.15. The molecular weight excluding hydrogens is 304 g/mol. The molecule has 0 bridgehead atoms. The number of benzene rings is 2. The molecule has 2 aromatic carbocycles. The second kappa shape index (κ2) is 8.09. The molecule has 0 amide bonds. The van der Waals surface area contributed by atoms with Crippen LogP contribution in [0.2, 0.25) is 0 Å². The first-order chi connectivity index (χ1) is 11.3. The van der Waals surface area contributed by atoms with E-state index in [0.717, 1.165) is 18.0 Å². The van der Waals surface area contributed by atoms with Gasteiger partial charge in [-0.05, 0) is 68.0 Å². The summed E-state index contributed by atoms with van der Waals surface area (Å²) in [5.41, 5.74) is 2.25. The number of hydrogen-bond acceptors (Lipinski definition) is 3. The van der Waals surface area contributed by atoms with E-state index < -0.39 is 0 Å². The molecule has 2 aromatic rings. The Morgan fingerprint density at radius 1 is 0.957 bits per heavy atom. The van der Waals surface area contributed by atoms with Crippen molar-refractivity contribution in [3.8, 4) is 5.75 Å². The fourth-order valence-corrected chi connectivity index (χ4v) is 3.02. The predicted octanol–water partition coefficient (Wildman–Crippen LogP) is 4.45. The topological polar surface area (TPSA) is 24.5 Å². The Balaban J connectivity index is 1.51. The van der Waals surface area contributed by atoms with E-state index in [4.69, 9.17) is 17.0 Å². The largest absolute Gasteiger partial charge is 0.432 e. The van der Waals surface area contributed by atoms with Gasteiger partial charge in [-0.1, -0.05) is 36.8 Å². The number of ether oxygens (including phenoxy) is 1. The first-order valence-corrected chi connectivity index (χ1v) is 8.55. The first kappa shape index (κ1) is 16.0. The van der Waals surface area contributed by atoms with Crippen LogP contribution in [0.25, 0.3) is 0 Å². The van der Waals surface area contributed by atoms with Crippen molar-refractivity contribution in [2.75, 3.05) is 18.4 Å². The smallest absolute Gasteiger partial charge is 0.266 e. The number of piperidine rings is 1. The molecule has 3 rings (SSSR count). The van der Waals surface area contributed by atoms with Gasteiger partial charge >= 0.3 is 0 Å². The lowest BCUT2D eigenvalue weighted by Gasteiger charge is -2.26. The van der Waals surface area contributed by atoms with E-state index in [9.17, 15) is 0 Å². The molecular formula is C19H22N2OS. The van der Waals surface area contributed by atoms with Crippen molar-refractivity contribution in [3.05, 3.63) is 60.2 Å². The Morgan fingerprint density at radius 2 is 1.65 bits per heavy atom. The molecule has 0 saturated carbocycles. The minimum atomic E-state index is 0.361. The highest BCUT2D eigenvalue weighted by Gasteiger charge is 2.10. The highest BCUT2D eigenvalue weighted by Crippen LogP contribution is 2.17. The van der Waals surface area contributed by atoms with Crippen molar-refractivity contribution in [2.45, 2.75) is 25.8 Å². The van der Waals surface area contributed by atoms with Crippen LogP contribution in [0.1, 0.15) is 24.8 Å². The Labute approximate surface area is 143 Å². The third-order valence-corrected chi connectivity index (χ3v) is 4.19. The van der Waals surface area contributed by atoms with E-state index in [-0.39, 0.29) is 0 Å². The number of anilines is 1. The molecule has 1 saturated heterocycles. The molecule has 1 fully saturated rings. The van der Waals surface area contributed by atoms with E-state index in [2.05, 4.69) is 22.3 Å². The Kier molecular flexibility index (Phi) is 5.61. The third kappa shape index (κ3) is 5.05. The van der Waals surface area contributed by atoms with Crippen LogP contribution in [0, 0.1) is 0 Å². The van der Waals surface area contributed by atoms with E-state index in [0.29, 0.717) is 5.17 Å². The molecule has 4 heteroatoms. The zero-order valence-electron chi connectivity index (χ0n) is 13.2. The molecule has 1 N–H and O–H groups in total. The highest BCUT2D eigenvalue weighted by molar-refractivity contribution is 7.80.